The van der Waals surface area contributed by atoms with E-state index in [0.29, 0.717) is 43.2 Å². The van der Waals surface area contributed by atoms with Crippen LogP contribution in [0.5, 0.6) is 0 Å². The molecule has 0 bridgehead atoms. The molecule has 0 aliphatic carbocycles. The summed E-state index contributed by atoms with van der Waals surface area (Å²) in [6.45, 7) is 2.15. The number of carbonyl (C=O) groups excluding carboxylic acids is 1. The van der Waals surface area contributed by atoms with E-state index >= 15 is 0 Å². The van der Waals surface area contributed by atoms with Crippen LogP contribution in [0.1, 0.15) is 10.4 Å². The molecule has 0 unspecified atom stereocenters. The van der Waals surface area contributed by atoms with Crippen molar-refractivity contribution in [2.75, 3.05) is 32.7 Å². The minimum Gasteiger partial charge on any atom is -0.360 e. The normalized spacial score (nSPS) is 16.6. The number of sulfonamides is 1. The largest absolute Gasteiger partial charge is 0.360 e. The number of aromatic amines is 1. The summed E-state index contributed by atoms with van der Waals surface area (Å²) < 4.78 is 26.9. The van der Waals surface area contributed by atoms with Gasteiger partial charge in [-0.2, -0.15) is 4.31 Å². The minimum atomic E-state index is -3.47. The number of ketones is 1. The van der Waals surface area contributed by atoms with Gasteiger partial charge in [0.15, 0.2) is 5.78 Å². The summed E-state index contributed by atoms with van der Waals surface area (Å²) in [5, 5.41) is 0.924. The number of carbonyl (C=O) groups is 1. The Morgan fingerprint density at radius 2 is 1.59 bits per heavy atom. The van der Waals surface area contributed by atoms with E-state index < -0.39 is 10.0 Å². The van der Waals surface area contributed by atoms with Gasteiger partial charge in [0.1, 0.15) is 0 Å². The highest BCUT2D eigenvalue weighted by Gasteiger charge is 2.29. The van der Waals surface area contributed by atoms with E-state index in [1.807, 2.05) is 29.2 Å². The van der Waals surface area contributed by atoms with Crippen molar-refractivity contribution >= 4 is 26.7 Å². The van der Waals surface area contributed by atoms with Crippen molar-refractivity contribution in [2.45, 2.75) is 4.90 Å². The number of nitrogens with one attached hydrogen (secondary N) is 1. The molecule has 3 aromatic rings. The van der Waals surface area contributed by atoms with Crippen LogP contribution in [0.25, 0.3) is 10.9 Å². The molecule has 7 heteroatoms. The molecule has 1 aromatic heterocycles. The lowest BCUT2D eigenvalue weighted by Gasteiger charge is -2.33. The summed E-state index contributed by atoms with van der Waals surface area (Å²) in [7, 11) is -3.47. The number of hydrogen-bond donors (Lipinski definition) is 1. The number of H-pyrrole nitrogens is 1. The Hall–Kier alpha value is -2.48. The molecule has 1 fully saturated rings. The summed E-state index contributed by atoms with van der Waals surface area (Å²) >= 11 is 0. The maximum absolute atomic E-state index is 12.7. The number of para-hydroxylation sites is 1. The van der Waals surface area contributed by atoms with Gasteiger partial charge in [0, 0.05) is 48.8 Å². The highest BCUT2D eigenvalue weighted by atomic mass is 32.2. The molecular formula is C20H21N3O3S. The van der Waals surface area contributed by atoms with Gasteiger partial charge in [0.05, 0.1) is 11.4 Å². The lowest BCUT2D eigenvalue weighted by molar-refractivity contribution is 0.0903. The molecule has 140 valence electrons. The molecule has 0 amide bonds. The Labute approximate surface area is 158 Å². The number of fused-ring (bicyclic) bond motifs is 1. The van der Waals surface area contributed by atoms with Crippen molar-refractivity contribution in [3.8, 4) is 0 Å². The molecule has 1 N–H and O–H groups in total. The maximum Gasteiger partial charge on any atom is 0.243 e. The van der Waals surface area contributed by atoms with Crippen LogP contribution in [0, 0.1) is 0 Å². The van der Waals surface area contributed by atoms with E-state index in [2.05, 4.69) is 4.98 Å². The van der Waals surface area contributed by atoms with E-state index in [-0.39, 0.29) is 5.78 Å². The van der Waals surface area contributed by atoms with Crippen LogP contribution in [0.3, 0.4) is 0 Å². The number of nitrogens with zero attached hydrogens (tertiary/aromatic N) is 2. The van der Waals surface area contributed by atoms with Crippen molar-refractivity contribution in [3.63, 3.8) is 0 Å². The molecule has 0 radical (unpaired) electrons. The third kappa shape index (κ3) is 3.53. The average Bonchev–Trinajstić information content (AvgIpc) is 3.13. The summed E-state index contributed by atoms with van der Waals surface area (Å²) in [5.74, 6) is 0.0480. The molecule has 27 heavy (non-hydrogen) atoms. The molecule has 6 nitrogen and oxygen atoms in total. The van der Waals surface area contributed by atoms with Crippen LogP contribution in [0.4, 0.5) is 0 Å². The number of rotatable bonds is 5. The monoisotopic (exact) mass is 383 g/mol. The number of Topliss-reactive ketones (excluding diaryl/α,β-unsaturated/α-hetero) is 1. The summed E-state index contributed by atoms with van der Waals surface area (Å²) in [6, 6.07) is 16.2. The van der Waals surface area contributed by atoms with Crippen molar-refractivity contribution in [3.05, 3.63) is 66.4 Å². The first-order valence-corrected chi connectivity index (χ1v) is 10.4. The lowest BCUT2D eigenvalue weighted by atomic mass is 10.1. The molecular weight excluding hydrogens is 362 g/mol. The van der Waals surface area contributed by atoms with Crippen molar-refractivity contribution in [1.29, 1.82) is 0 Å². The highest BCUT2D eigenvalue weighted by molar-refractivity contribution is 7.89. The van der Waals surface area contributed by atoms with Gasteiger partial charge in [0.25, 0.3) is 0 Å². The molecule has 2 aromatic carbocycles. The predicted octanol–water partition coefficient (Wildman–Crippen LogP) is 2.36. The highest BCUT2D eigenvalue weighted by Crippen LogP contribution is 2.20. The Kier molecular flexibility index (Phi) is 4.82. The Morgan fingerprint density at radius 3 is 2.33 bits per heavy atom. The fourth-order valence-electron chi connectivity index (χ4n) is 3.46. The van der Waals surface area contributed by atoms with E-state index in [0.717, 1.165) is 10.9 Å². The van der Waals surface area contributed by atoms with Crippen molar-refractivity contribution in [1.82, 2.24) is 14.2 Å². The van der Waals surface area contributed by atoms with E-state index in [1.54, 1.807) is 36.5 Å². The van der Waals surface area contributed by atoms with Gasteiger partial charge in [-0.15, -0.1) is 0 Å². The number of aromatic nitrogens is 1. The second kappa shape index (κ2) is 7.26. The predicted molar refractivity (Wildman–Crippen MR) is 104 cm³/mol. The molecule has 2 heterocycles. The molecule has 1 aliphatic rings. The standard InChI is InChI=1S/C20H21N3O3S/c24-20(18-14-21-19-9-5-4-8-17(18)19)15-22-10-12-23(13-11-22)27(25,26)16-6-2-1-3-7-16/h1-9,14,21H,10-13,15H2. The summed E-state index contributed by atoms with van der Waals surface area (Å²) in [4.78, 5) is 18.1. The Bertz CT molecular complexity index is 1050. The fraction of sp³-hybridized carbons (Fsp3) is 0.250. The van der Waals surface area contributed by atoms with Crippen LogP contribution < -0.4 is 0 Å². The molecule has 1 aliphatic heterocycles. The van der Waals surface area contributed by atoms with Gasteiger partial charge in [-0.3, -0.25) is 9.69 Å². The van der Waals surface area contributed by atoms with Gasteiger partial charge in [0.2, 0.25) is 10.0 Å². The topological polar surface area (TPSA) is 73.5 Å². The van der Waals surface area contributed by atoms with Gasteiger partial charge in [-0.25, -0.2) is 8.42 Å². The zero-order chi connectivity index (χ0) is 18.9. The third-order valence-electron chi connectivity index (χ3n) is 4.97. The first-order chi connectivity index (χ1) is 13.1. The Balaban J connectivity index is 1.40. The molecule has 1 saturated heterocycles. The molecule has 0 atom stereocenters. The molecule has 0 spiro atoms. The van der Waals surface area contributed by atoms with E-state index in [4.69, 9.17) is 0 Å². The quantitative estimate of drug-likeness (QED) is 0.687. The second-order valence-corrected chi connectivity index (χ2v) is 8.60. The average molecular weight is 383 g/mol. The van der Waals surface area contributed by atoms with Crippen LogP contribution in [0.15, 0.2) is 65.7 Å². The zero-order valence-electron chi connectivity index (χ0n) is 14.8. The summed E-state index contributed by atoms with van der Waals surface area (Å²) in [5.41, 5.74) is 1.63. The van der Waals surface area contributed by atoms with Crippen molar-refractivity contribution < 1.29 is 13.2 Å². The van der Waals surface area contributed by atoms with Gasteiger partial charge < -0.3 is 4.98 Å². The second-order valence-electron chi connectivity index (χ2n) is 6.66. The van der Waals surface area contributed by atoms with Crippen LogP contribution in [-0.4, -0.2) is 61.1 Å². The Morgan fingerprint density at radius 1 is 0.926 bits per heavy atom. The van der Waals surface area contributed by atoms with Crippen molar-refractivity contribution in [2.24, 2.45) is 0 Å². The van der Waals surface area contributed by atoms with E-state index in [1.165, 1.54) is 4.31 Å². The number of hydrogen-bond acceptors (Lipinski definition) is 4. The van der Waals surface area contributed by atoms with Gasteiger partial charge >= 0.3 is 0 Å². The van der Waals surface area contributed by atoms with Crippen LogP contribution in [0.2, 0.25) is 0 Å². The smallest absolute Gasteiger partial charge is 0.243 e. The minimum absolute atomic E-state index is 0.0480. The first kappa shape index (κ1) is 17.9. The molecule has 0 saturated carbocycles. The lowest BCUT2D eigenvalue weighted by Crippen LogP contribution is -2.49. The van der Waals surface area contributed by atoms with Crippen LogP contribution in [-0.2, 0) is 10.0 Å². The SMILES string of the molecule is O=C(CN1CCN(S(=O)(=O)c2ccccc2)CC1)c1c[nH]c2ccccc12. The fourth-order valence-corrected chi connectivity index (χ4v) is 4.90. The van der Waals surface area contributed by atoms with Crippen LogP contribution >= 0.6 is 0 Å². The number of benzene rings is 2. The van der Waals surface area contributed by atoms with Gasteiger partial charge in [-0.05, 0) is 18.2 Å². The third-order valence-corrected chi connectivity index (χ3v) is 6.88. The van der Waals surface area contributed by atoms with Gasteiger partial charge in [-0.1, -0.05) is 36.4 Å². The number of piperazine rings is 1. The summed E-state index contributed by atoms with van der Waals surface area (Å²) in [6.07, 6.45) is 1.75. The zero-order valence-corrected chi connectivity index (χ0v) is 15.7. The molecule has 4 rings (SSSR count). The maximum atomic E-state index is 12.7. The van der Waals surface area contributed by atoms with E-state index in [9.17, 15) is 13.2 Å². The first-order valence-electron chi connectivity index (χ1n) is 8.92.